The van der Waals surface area contributed by atoms with Gasteiger partial charge in [-0.3, -0.25) is 0 Å². The van der Waals surface area contributed by atoms with Crippen LogP contribution < -0.4 is 15.9 Å². The third kappa shape index (κ3) is 3.41. The maximum Gasteiger partial charge on any atom is 0.246 e. The van der Waals surface area contributed by atoms with Crippen molar-refractivity contribution < 1.29 is 4.74 Å². The molecule has 98 valence electrons. The molecule has 0 aliphatic heterocycles. The second kappa shape index (κ2) is 5.81. The molecule has 0 spiro atoms. The maximum absolute atomic E-state index is 5.63. The number of nitrogens with zero attached hydrogens (tertiary/aromatic N) is 3. The molecular formula is C13H15N5O. The smallest absolute Gasteiger partial charge is 0.246 e. The molecule has 2 aromatic rings. The third-order valence-electron chi connectivity index (χ3n) is 2.49. The van der Waals surface area contributed by atoms with Crippen LogP contribution in [0.2, 0.25) is 0 Å². The SMILES string of the molecule is COc1ccnc(NN=C(C)c2ccc(N)cc2)n1. The molecule has 0 atom stereocenters. The maximum atomic E-state index is 5.63. The monoisotopic (exact) mass is 257 g/mol. The molecule has 0 radical (unpaired) electrons. The number of hydrogen-bond acceptors (Lipinski definition) is 6. The van der Waals surface area contributed by atoms with Gasteiger partial charge in [-0.05, 0) is 24.6 Å². The minimum absolute atomic E-state index is 0.383. The van der Waals surface area contributed by atoms with Crippen molar-refractivity contribution in [1.82, 2.24) is 9.97 Å². The van der Waals surface area contributed by atoms with Crippen molar-refractivity contribution in [2.45, 2.75) is 6.92 Å². The number of rotatable bonds is 4. The Morgan fingerprint density at radius 3 is 2.68 bits per heavy atom. The van der Waals surface area contributed by atoms with Crippen LogP contribution in [0.1, 0.15) is 12.5 Å². The summed E-state index contributed by atoms with van der Waals surface area (Å²) >= 11 is 0. The lowest BCUT2D eigenvalue weighted by Gasteiger charge is -2.04. The minimum atomic E-state index is 0.383. The van der Waals surface area contributed by atoms with Gasteiger partial charge in [0.15, 0.2) is 0 Å². The van der Waals surface area contributed by atoms with E-state index in [1.807, 2.05) is 31.2 Å². The molecule has 0 unspecified atom stereocenters. The van der Waals surface area contributed by atoms with Gasteiger partial charge in [-0.25, -0.2) is 10.4 Å². The Balaban J connectivity index is 2.10. The zero-order valence-corrected chi connectivity index (χ0v) is 10.8. The van der Waals surface area contributed by atoms with Crippen LogP contribution in [0.4, 0.5) is 11.6 Å². The highest BCUT2D eigenvalue weighted by Crippen LogP contribution is 2.09. The van der Waals surface area contributed by atoms with E-state index in [0.717, 1.165) is 17.0 Å². The first-order valence-corrected chi connectivity index (χ1v) is 5.72. The molecule has 6 heteroatoms. The zero-order valence-electron chi connectivity index (χ0n) is 10.8. The fourth-order valence-corrected chi connectivity index (χ4v) is 1.43. The van der Waals surface area contributed by atoms with Gasteiger partial charge in [0.25, 0.3) is 0 Å². The topological polar surface area (TPSA) is 85.4 Å². The van der Waals surface area contributed by atoms with Crippen molar-refractivity contribution >= 4 is 17.3 Å². The van der Waals surface area contributed by atoms with Gasteiger partial charge in [-0.2, -0.15) is 10.1 Å². The molecular weight excluding hydrogens is 242 g/mol. The fraction of sp³-hybridized carbons (Fsp3) is 0.154. The lowest BCUT2D eigenvalue weighted by atomic mass is 10.1. The van der Waals surface area contributed by atoms with Crippen LogP contribution in [0.5, 0.6) is 5.88 Å². The summed E-state index contributed by atoms with van der Waals surface area (Å²) in [6.07, 6.45) is 1.60. The van der Waals surface area contributed by atoms with Gasteiger partial charge < -0.3 is 10.5 Å². The number of nitrogens with two attached hydrogens (primary N) is 1. The number of nitrogens with one attached hydrogen (secondary N) is 1. The predicted octanol–water partition coefficient (Wildman–Crippen LogP) is 1.90. The number of ether oxygens (including phenoxy) is 1. The molecule has 0 fully saturated rings. The molecule has 1 aromatic carbocycles. The number of aromatic nitrogens is 2. The van der Waals surface area contributed by atoms with Gasteiger partial charge in [0.1, 0.15) is 0 Å². The quantitative estimate of drug-likeness (QED) is 0.496. The van der Waals surface area contributed by atoms with E-state index < -0.39 is 0 Å². The molecule has 0 saturated carbocycles. The van der Waals surface area contributed by atoms with Crippen LogP contribution >= 0.6 is 0 Å². The van der Waals surface area contributed by atoms with Gasteiger partial charge in [-0.15, -0.1) is 0 Å². The van der Waals surface area contributed by atoms with Gasteiger partial charge in [0.2, 0.25) is 11.8 Å². The normalized spacial score (nSPS) is 11.2. The van der Waals surface area contributed by atoms with E-state index >= 15 is 0 Å². The summed E-state index contributed by atoms with van der Waals surface area (Å²) in [6.45, 7) is 1.89. The highest BCUT2D eigenvalue weighted by atomic mass is 16.5. The van der Waals surface area contributed by atoms with E-state index in [2.05, 4.69) is 20.5 Å². The van der Waals surface area contributed by atoms with Crippen LogP contribution in [-0.2, 0) is 0 Å². The Morgan fingerprint density at radius 2 is 2.00 bits per heavy atom. The highest BCUT2D eigenvalue weighted by Gasteiger charge is 1.99. The molecule has 6 nitrogen and oxygen atoms in total. The van der Waals surface area contributed by atoms with Gasteiger partial charge in [-0.1, -0.05) is 12.1 Å². The minimum Gasteiger partial charge on any atom is -0.481 e. The van der Waals surface area contributed by atoms with Crippen LogP contribution in [0.25, 0.3) is 0 Å². The van der Waals surface area contributed by atoms with E-state index in [1.54, 1.807) is 19.4 Å². The predicted molar refractivity (Wildman–Crippen MR) is 75.3 cm³/mol. The molecule has 0 aliphatic rings. The number of benzene rings is 1. The molecule has 0 amide bonds. The van der Waals surface area contributed by atoms with Crippen LogP contribution in [0.3, 0.4) is 0 Å². The Bertz CT molecular complexity index is 580. The van der Waals surface area contributed by atoms with E-state index in [4.69, 9.17) is 10.5 Å². The van der Waals surface area contributed by atoms with Crippen molar-refractivity contribution in [3.05, 3.63) is 42.1 Å². The lowest BCUT2D eigenvalue weighted by molar-refractivity contribution is 0.397. The number of hydrogen-bond donors (Lipinski definition) is 2. The summed E-state index contributed by atoms with van der Waals surface area (Å²) in [4.78, 5) is 8.14. The molecule has 2 rings (SSSR count). The van der Waals surface area contributed by atoms with Gasteiger partial charge in [0, 0.05) is 18.0 Å². The Hall–Kier alpha value is -2.63. The second-order valence-electron chi connectivity index (χ2n) is 3.85. The third-order valence-corrected chi connectivity index (χ3v) is 2.49. The molecule has 3 N–H and O–H groups in total. The molecule has 1 aromatic heterocycles. The second-order valence-corrected chi connectivity index (χ2v) is 3.85. The average molecular weight is 257 g/mol. The first kappa shape index (κ1) is 12.8. The number of methoxy groups -OCH3 is 1. The van der Waals surface area contributed by atoms with E-state index in [0.29, 0.717) is 11.8 Å². The zero-order chi connectivity index (χ0) is 13.7. The molecule has 0 aliphatic carbocycles. The molecule has 19 heavy (non-hydrogen) atoms. The van der Waals surface area contributed by atoms with Gasteiger partial charge in [0.05, 0.1) is 12.8 Å². The van der Waals surface area contributed by atoms with Crippen LogP contribution in [0, 0.1) is 0 Å². The lowest BCUT2D eigenvalue weighted by Crippen LogP contribution is -2.03. The van der Waals surface area contributed by atoms with E-state index in [1.165, 1.54) is 0 Å². The largest absolute Gasteiger partial charge is 0.481 e. The average Bonchev–Trinajstić information content (AvgIpc) is 2.46. The summed E-state index contributed by atoms with van der Waals surface area (Å²) in [5, 5.41) is 4.22. The highest BCUT2D eigenvalue weighted by molar-refractivity contribution is 5.99. The van der Waals surface area contributed by atoms with Crippen molar-refractivity contribution in [2.24, 2.45) is 5.10 Å². The van der Waals surface area contributed by atoms with Crippen molar-refractivity contribution in [1.29, 1.82) is 0 Å². The van der Waals surface area contributed by atoms with Crippen molar-refractivity contribution in [2.75, 3.05) is 18.3 Å². The summed E-state index contributed by atoms with van der Waals surface area (Å²) < 4.78 is 5.01. The molecule has 0 saturated heterocycles. The van der Waals surface area contributed by atoms with Crippen LogP contribution in [0.15, 0.2) is 41.6 Å². The summed E-state index contributed by atoms with van der Waals surface area (Å²) in [6, 6.07) is 9.14. The van der Waals surface area contributed by atoms with Crippen LogP contribution in [-0.4, -0.2) is 22.8 Å². The summed E-state index contributed by atoms with van der Waals surface area (Å²) in [7, 11) is 1.55. The number of anilines is 2. The Morgan fingerprint density at radius 1 is 1.26 bits per heavy atom. The molecule has 0 bridgehead atoms. The summed E-state index contributed by atoms with van der Waals surface area (Å²) in [5.74, 6) is 0.868. The van der Waals surface area contributed by atoms with Crippen molar-refractivity contribution in [3.8, 4) is 5.88 Å². The standard InChI is InChI=1S/C13H15N5O/c1-9(10-3-5-11(14)6-4-10)17-18-13-15-8-7-12(16-13)19-2/h3-8H,14H2,1-2H3,(H,15,16,18). The van der Waals surface area contributed by atoms with E-state index in [9.17, 15) is 0 Å². The number of hydrazone groups is 1. The van der Waals surface area contributed by atoms with Gasteiger partial charge >= 0.3 is 0 Å². The Kier molecular flexibility index (Phi) is 3.92. The first-order valence-electron chi connectivity index (χ1n) is 5.72. The van der Waals surface area contributed by atoms with Crippen molar-refractivity contribution in [3.63, 3.8) is 0 Å². The fourth-order valence-electron chi connectivity index (χ4n) is 1.43. The number of nitrogen functional groups attached to an aromatic ring is 1. The summed E-state index contributed by atoms with van der Waals surface area (Å²) in [5.41, 5.74) is 10.9. The molecule has 1 heterocycles. The first-order chi connectivity index (χ1) is 9.19. The Labute approximate surface area is 111 Å². The van der Waals surface area contributed by atoms with E-state index in [-0.39, 0.29) is 0 Å².